The number of carbonyl (C=O) groups is 2. The molecule has 0 spiro atoms. The highest BCUT2D eigenvalue weighted by molar-refractivity contribution is 5.76. The van der Waals surface area contributed by atoms with Gasteiger partial charge in [0.1, 0.15) is 0 Å². The van der Waals surface area contributed by atoms with Crippen molar-refractivity contribution in [2.24, 2.45) is 0 Å². The average Bonchev–Trinajstić information content (AvgIpc) is 3.35. The van der Waals surface area contributed by atoms with E-state index < -0.39 is 12.1 Å². The molecule has 2 unspecified atom stereocenters. The SMILES string of the molecule is CCCCCCCCCCCCCCCCCCCCCCC(O)C(CO)NC(=O)CCCCCCCCC/C=C\CCCCCCCCCCOC(=O)CCCCCCCCCCCCCCC. The minimum Gasteiger partial charge on any atom is -0.466 e. The molecule has 1 amide bonds. The zero-order valence-electron chi connectivity index (χ0n) is 46.8. The van der Waals surface area contributed by atoms with Crippen LogP contribution in [-0.2, 0) is 14.3 Å². The number of hydrogen-bond donors (Lipinski definition) is 3. The summed E-state index contributed by atoms with van der Waals surface area (Å²) >= 11 is 0. The molecule has 6 nitrogen and oxygen atoms in total. The van der Waals surface area contributed by atoms with Crippen LogP contribution in [-0.4, -0.2) is 47.4 Å². The number of unbranched alkanes of at least 4 members (excludes halogenated alkanes) is 46. The van der Waals surface area contributed by atoms with Gasteiger partial charge in [-0.05, 0) is 51.4 Å². The molecule has 0 fully saturated rings. The average molecular weight is 975 g/mol. The number of rotatable bonds is 59. The van der Waals surface area contributed by atoms with Gasteiger partial charge in [-0.3, -0.25) is 9.59 Å². The smallest absolute Gasteiger partial charge is 0.305 e. The lowest BCUT2D eigenvalue weighted by Crippen LogP contribution is -2.45. The third-order valence-electron chi connectivity index (χ3n) is 14.8. The maximum absolute atomic E-state index is 12.5. The minimum absolute atomic E-state index is 0.00640. The number of aliphatic hydroxyl groups is 2. The van der Waals surface area contributed by atoms with Crippen LogP contribution in [0.25, 0.3) is 0 Å². The second kappa shape index (κ2) is 59.2. The molecular weight excluding hydrogens is 851 g/mol. The summed E-state index contributed by atoms with van der Waals surface area (Å²) in [6.07, 6.45) is 70.7. The van der Waals surface area contributed by atoms with E-state index in [4.69, 9.17) is 4.74 Å². The van der Waals surface area contributed by atoms with E-state index in [0.717, 1.165) is 38.5 Å². The Bertz CT molecular complexity index is 1030. The fourth-order valence-corrected chi connectivity index (χ4v) is 9.99. The second-order valence-corrected chi connectivity index (χ2v) is 21.7. The van der Waals surface area contributed by atoms with Crippen LogP contribution in [0.2, 0.25) is 0 Å². The van der Waals surface area contributed by atoms with E-state index in [1.807, 2.05) is 0 Å². The Kier molecular flexibility index (Phi) is 58.0. The van der Waals surface area contributed by atoms with Gasteiger partial charge in [-0.15, -0.1) is 0 Å². The monoisotopic (exact) mass is 974 g/mol. The molecule has 69 heavy (non-hydrogen) atoms. The summed E-state index contributed by atoms with van der Waals surface area (Å²) in [4.78, 5) is 24.5. The van der Waals surface area contributed by atoms with Gasteiger partial charge in [0.2, 0.25) is 5.91 Å². The Morgan fingerprint density at radius 1 is 0.391 bits per heavy atom. The molecule has 0 aromatic heterocycles. The zero-order chi connectivity index (χ0) is 50.0. The van der Waals surface area contributed by atoms with E-state index in [1.54, 1.807) is 0 Å². The lowest BCUT2D eigenvalue weighted by atomic mass is 10.0. The third-order valence-corrected chi connectivity index (χ3v) is 14.8. The van der Waals surface area contributed by atoms with Crippen LogP contribution in [0.5, 0.6) is 0 Å². The molecule has 0 heterocycles. The molecule has 0 aliphatic carbocycles. The molecule has 0 bridgehead atoms. The lowest BCUT2D eigenvalue weighted by molar-refractivity contribution is -0.143. The summed E-state index contributed by atoms with van der Waals surface area (Å²) in [7, 11) is 0. The second-order valence-electron chi connectivity index (χ2n) is 21.7. The molecule has 0 aliphatic heterocycles. The van der Waals surface area contributed by atoms with Crippen LogP contribution in [0.3, 0.4) is 0 Å². The Labute approximate surface area is 431 Å². The van der Waals surface area contributed by atoms with Gasteiger partial charge in [-0.2, -0.15) is 0 Å². The number of allylic oxidation sites excluding steroid dienone is 2. The van der Waals surface area contributed by atoms with Crippen molar-refractivity contribution in [1.29, 1.82) is 0 Å². The van der Waals surface area contributed by atoms with Crippen molar-refractivity contribution in [3.05, 3.63) is 12.2 Å². The molecule has 2 atom stereocenters. The Morgan fingerprint density at radius 3 is 1.03 bits per heavy atom. The molecule has 0 aliphatic rings. The third kappa shape index (κ3) is 55.8. The number of hydrogen-bond acceptors (Lipinski definition) is 5. The predicted molar refractivity (Wildman–Crippen MR) is 301 cm³/mol. The van der Waals surface area contributed by atoms with Crippen LogP contribution in [0.1, 0.15) is 354 Å². The van der Waals surface area contributed by atoms with E-state index in [-0.39, 0.29) is 18.5 Å². The quantitative estimate of drug-likeness (QED) is 0.0321. The van der Waals surface area contributed by atoms with Gasteiger partial charge in [0.25, 0.3) is 0 Å². The Balaban J connectivity index is 3.43. The van der Waals surface area contributed by atoms with Crippen molar-refractivity contribution in [1.82, 2.24) is 5.32 Å². The molecule has 0 rings (SSSR count). The summed E-state index contributed by atoms with van der Waals surface area (Å²) in [5.74, 6) is -0.0344. The molecule has 0 aromatic carbocycles. The standard InChI is InChI=1S/C63H123NO5/c1-3-5-7-9-11-13-15-17-18-19-20-22-25-28-32-35-39-43-47-51-55-61(66)60(59-65)64-62(67)56-52-48-44-40-36-33-29-26-23-21-24-27-30-34-38-42-46-50-54-58-69-63(68)57-53-49-45-41-37-31-16-14-12-10-8-6-4-2/h21,23,60-61,65-66H,3-20,22,24-59H2,1-2H3,(H,64,67)/b23-21-. The van der Waals surface area contributed by atoms with Gasteiger partial charge in [0, 0.05) is 12.8 Å². The van der Waals surface area contributed by atoms with Crippen molar-refractivity contribution in [3.63, 3.8) is 0 Å². The van der Waals surface area contributed by atoms with Crippen molar-refractivity contribution in [3.8, 4) is 0 Å². The van der Waals surface area contributed by atoms with E-state index in [9.17, 15) is 19.8 Å². The summed E-state index contributed by atoms with van der Waals surface area (Å²) < 4.78 is 5.47. The number of aliphatic hydroxyl groups excluding tert-OH is 2. The number of nitrogens with one attached hydrogen (secondary N) is 1. The molecule has 3 N–H and O–H groups in total. The topological polar surface area (TPSA) is 95.9 Å². The molecular formula is C63H123NO5. The molecule has 0 saturated carbocycles. The number of esters is 1. The summed E-state index contributed by atoms with van der Waals surface area (Å²) in [6, 6.07) is -0.548. The van der Waals surface area contributed by atoms with Gasteiger partial charge in [-0.1, -0.05) is 302 Å². The van der Waals surface area contributed by atoms with Crippen LogP contribution < -0.4 is 5.32 Å². The van der Waals surface area contributed by atoms with Crippen molar-refractivity contribution < 1.29 is 24.5 Å². The van der Waals surface area contributed by atoms with Gasteiger partial charge in [-0.25, -0.2) is 0 Å². The van der Waals surface area contributed by atoms with E-state index in [0.29, 0.717) is 25.9 Å². The van der Waals surface area contributed by atoms with E-state index >= 15 is 0 Å². The van der Waals surface area contributed by atoms with Crippen molar-refractivity contribution >= 4 is 11.9 Å². The maximum Gasteiger partial charge on any atom is 0.305 e. The summed E-state index contributed by atoms with van der Waals surface area (Å²) in [6.45, 7) is 4.97. The maximum atomic E-state index is 12.5. The van der Waals surface area contributed by atoms with Gasteiger partial charge in [0.15, 0.2) is 0 Å². The molecule has 0 saturated heterocycles. The number of amides is 1. The highest BCUT2D eigenvalue weighted by Crippen LogP contribution is 2.18. The van der Waals surface area contributed by atoms with Crippen LogP contribution in [0.15, 0.2) is 12.2 Å². The van der Waals surface area contributed by atoms with E-state index in [2.05, 4.69) is 31.3 Å². The highest BCUT2D eigenvalue weighted by atomic mass is 16.5. The largest absolute Gasteiger partial charge is 0.466 e. The van der Waals surface area contributed by atoms with Crippen molar-refractivity contribution in [2.75, 3.05) is 13.2 Å². The minimum atomic E-state index is -0.670. The fourth-order valence-electron chi connectivity index (χ4n) is 9.99. The van der Waals surface area contributed by atoms with E-state index in [1.165, 1.54) is 283 Å². The molecule has 410 valence electrons. The normalized spacial score (nSPS) is 12.6. The zero-order valence-corrected chi connectivity index (χ0v) is 46.8. The first-order valence-electron chi connectivity index (χ1n) is 31.4. The predicted octanol–water partition coefficient (Wildman–Crippen LogP) is 19.6. The molecule has 0 radical (unpaired) electrons. The molecule has 0 aromatic rings. The van der Waals surface area contributed by atoms with Crippen LogP contribution in [0.4, 0.5) is 0 Å². The molecule has 6 heteroatoms. The summed E-state index contributed by atoms with van der Waals surface area (Å²) in [5.41, 5.74) is 0. The van der Waals surface area contributed by atoms with Crippen LogP contribution in [0, 0.1) is 0 Å². The number of carbonyl (C=O) groups excluding carboxylic acids is 2. The summed E-state index contributed by atoms with van der Waals surface area (Å²) in [5, 5.41) is 23.4. The Hall–Kier alpha value is -1.40. The fraction of sp³-hybridized carbons (Fsp3) is 0.937. The Morgan fingerprint density at radius 2 is 0.681 bits per heavy atom. The van der Waals surface area contributed by atoms with Gasteiger partial charge < -0.3 is 20.3 Å². The van der Waals surface area contributed by atoms with Gasteiger partial charge in [0.05, 0.1) is 25.4 Å². The van der Waals surface area contributed by atoms with Crippen molar-refractivity contribution in [2.45, 2.75) is 366 Å². The van der Waals surface area contributed by atoms with Gasteiger partial charge >= 0.3 is 5.97 Å². The first-order valence-corrected chi connectivity index (χ1v) is 31.4. The highest BCUT2D eigenvalue weighted by Gasteiger charge is 2.20. The lowest BCUT2D eigenvalue weighted by Gasteiger charge is -2.22. The van der Waals surface area contributed by atoms with Crippen LogP contribution >= 0.6 is 0 Å². The number of ether oxygens (including phenoxy) is 1. The first-order chi connectivity index (χ1) is 34.0. The first kappa shape index (κ1) is 67.6.